The van der Waals surface area contributed by atoms with Crippen molar-refractivity contribution in [1.82, 2.24) is 24.6 Å². The van der Waals surface area contributed by atoms with Crippen LogP contribution in [0.3, 0.4) is 0 Å². The van der Waals surface area contributed by atoms with Crippen molar-refractivity contribution in [2.45, 2.75) is 33.3 Å². The largest absolute Gasteiger partial charge is 0.455 e. The molecule has 1 aromatic carbocycles. The highest BCUT2D eigenvalue weighted by atomic mass is 16.6. The molecule has 0 spiro atoms. The van der Waals surface area contributed by atoms with Gasteiger partial charge in [0.25, 0.3) is 5.91 Å². The fraction of sp³-hybridized carbons (Fsp3) is 0.250. The Labute approximate surface area is 166 Å². The van der Waals surface area contributed by atoms with Crippen LogP contribution in [-0.4, -0.2) is 42.0 Å². The van der Waals surface area contributed by atoms with E-state index in [0.717, 1.165) is 5.69 Å². The number of amides is 1. The normalized spacial score (nSPS) is 11.7. The molecule has 0 saturated carbocycles. The van der Waals surface area contributed by atoms with Crippen molar-refractivity contribution in [1.29, 1.82) is 0 Å². The van der Waals surface area contributed by atoms with Crippen LogP contribution in [0.25, 0.3) is 16.6 Å². The summed E-state index contributed by atoms with van der Waals surface area (Å²) in [5.74, 6) is -0.843. The van der Waals surface area contributed by atoms with E-state index in [1.165, 1.54) is 6.20 Å². The van der Waals surface area contributed by atoms with Gasteiger partial charge in [-0.2, -0.15) is 5.10 Å². The first-order valence-electron chi connectivity index (χ1n) is 9.03. The number of anilines is 1. The zero-order chi connectivity index (χ0) is 20.8. The third kappa shape index (κ3) is 3.54. The molecule has 3 heterocycles. The summed E-state index contributed by atoms with van der Waals surface area (Å²) in [5.41, 5.74) is 2.55. The van der Waals surface area contributed by atoms with E-state index in [9.17, 15) is 9.59 Å². The van der Waals surface area contributed by atoms with Gasteiger partial charge in [0, 0.05) is 23.0 Å². The van der Waals surface area contributed by atoms with E-state index >= 15 is 0 Å². The second-order valence-electron chi connectivity index (χ2n) is 7.67. The lowest BCUT2D eigenvalue weighted by molar-refractivity contribution is 0.00650. The lowest BCUT2D eigenvalue weighted by Gasteiger charge is -2.18. The van der Waals surface area contributed by atoms with Crippen molar-refractivity contribution in [2.75, 3.05) is 5.32 Å². The van der Waals surface area contributed by atoms with Gasteiger partial charge in [0.15, 0.2) is 11.3 Å². The van der Waals surface area contributed by atoms with Gasteiger partial charge in [-0.15, -0.1) is 0 Å². The molecule has 9 heteroatoms. The van der Waals surface area contributed by atoms with Crippen LogP contribution in [0.4, 0.5) is 5.69 Å². The molecule has 0 unspecified atom stereocenters. The fourth-order valence-electron chi connectivity index (χ4n) is 2.99. The average Bonchev–Trinajstić information content (AvgIpc) is 3.27. The minimum atomic E-state index is -0.634. The predicted octanol–water partition coefficient (Wildman–Crippen LogP) is 3.12. The monoisotopic (exact) mass is 392 g/mol. The molecular weight excluding hydrogens is 372 g/mol. The number of aromatic amines is 1. The predicted molar refractivity (Wildman–Crippen MR) is 107 cm³/mol. The Kier molecular flexibility index (Phi) is 4.30. The summed E-state index contributed by atoms with van der Waals surface area (Å²) >= 11 is 0. The van der Waals surface area contributed by atoms with Crippen LogP contribution >= 0.6 is 0 Å². The van der Waals surface area contributed by atoms with Gasteiger partial charge in [0.05, 0.1) is 17.3 Å². The van der Waals surface area contributed by atoms with Crippen molar-refractivity contribution in [3.8, 4) is 0 Å². The van der Waals surface area contributed by atoms with E-state index in [1.807, 2.05) is 6.92 Å². The maximum absolute atomic E-state index is 12.8. The first-order chi connectivity index (χ1) is 13.7. The highest BCUT2D eigenvalue weighted by Crippen LogP contribution is 2.23. The SMILES string of the molecule is Cc1c(C(=O)Nc2ccc3[nH]nc(C(=O)OC(C)(C)C)c3c2)cnc2cncn12. The number of hydrogen-bond donors (Lipinski definition) is 2. The number of carbonyl (C=O) groups is 2. The number of imidazole rings is 1. The third-order valence-electron chi connectivity index (χ3n) is 4.35. The molecule has 148 valence electrons. The summed E-state index contributed by atoms with van der Waals surface area (Å²) in [5, 5.41) is 10.3. The highest BCUT2D eigenvalue weighted by molar-refractivity contribution is 6.07. The van der Waals surface area contributed by atoms with Gasteiger partial charge in [-0.05, 0) is 45.9 Å². The lowest BCUT2D eigenvalue weighted by Crippen LogP contribution is -2.24. The van der Waals surface area contributed by atoms with Crippen molar-refractivity contribution < 1.29 is 14.3 Å². The van der Waals surface area contributed by atoms with E-state index in [0.29, 0.717) is 27.8 Å². The van der Waals surface area contributed by atoms with Crippen LogP contribution in [0.2, 0.25) is 0 Å². The summed E-state index contributed by atoms with van der Waals surface area (Å²) in [4.78, 5) is 33.5. The molecule has 1 amide bonds. The number of hydrogen-bond acceptors (Lipinski definition) is 6. The smallest absolute Gasteiger partial charge is 0.360 e. The molecule has 9 nitrogen and oxygen atoms in total. The van der Waals surface area contributed by atoms with E-state index in [2.05, 4.69) is 25.5 Å². The van der Waals surface area contributed by atoms with E-state index in [-0.39, 0.29) is 11.6 Å². The molecule has 0 fully saturated rings. The van der Waals surface area contributed by atoms with Crippen LogP contribution in [-0.2, 0) is 4.74 Å². The molecule has 0 aliphatic rings. The lowest BCUT2D eigenvalue weighted by atomic mass is 10.1. The molecule has 4 rings (SSSR count). The van der Waals surface area contributed by atoms with Crippen molar-refractivity contribution in [2.24, 2.45) is 0 Å². The van der Waals surface area contributed by atoms with Crippen molar-refractivity contribution >= 4 is 34.1 Å². The number of nitrogens with zero attached hydrogens (tertiary/aromatic N) is 4. The molecule has 0 atom stereocenters. The Balaban J connectivity index is 1.64. The molecule has 0 radical (unpaired) electrons. The number of rotatable bonds is 3. The van der Waals surface area contributed by atoms with E-state index in [1.54, 1.807) is 55.9 Å². The first-order valence-corrected chi connectivity index (χ1v) is 9.03. The van der Waals surface area contributed by atoms with Crippen molar-refractivity contribution in [3.63, 3.8) is 0 Å². The number of aromatic nitrogens is 5. The number of nitrogens with one attached hydrogen (secondary N) is 2. The van der Waals surface area contributed by atoms with Crippen LogP contribution in [0, 0.1) is 6.92 Å². The maximum atomic E-state index is 12.8. The number of fused-ring (bicyclic) bond motifs is 2. The molecule has 4 aromatic rings. The molecule has 0 bridgehead atoms. The van der Waals surface area contributed by atoms with Crippen LogP contribution < -0.4 is 5.32 Å². The van der Waals surface area contributed by atoms with Gasteiger partial charge < -0.3 is 10.1 Å². The second kappa shape index (κ2) is 6.69. The molecule has 0 saturated heterocycles. The molecule has 0 aliphatic carbocycles. The highest BCUT2D eigenvalue weighted by Gasteiger charge is 2.22. The third-order valence-corrected chi connectivity index (χ3v) is 4.35. The quantitative estimate of drug-likeness (QED) is 0.518. The number of aryl methyl sites for hydroxylation is 1. The Hall–Kier alpha value is -3.75. The van der Waals surface area contributed by atoms with Gasteiger partial charge in [-0.1, -0.05) is 0 Å². The Bertz CT molecular complexity index is 1250. The minimum Gasteiger partial charge on any atom is -0.455 e. The molecule has 3 aromatic heterocycles. The van der Waals surface area contributed by atoms with Crippen molar-refractivity contribution in [3.05, 3.63) is 53.9 Å². The minimum absolute atomic E-state index is 0.170. The Morgan fingerprint density at radius 1 is 1.21 bits per heavy atom. The van der Waals surface area contributed by atoms with Crippen LogP contribution in [0.15, 0.2) is 36.9 Å². The van der Waals surface area contributed by atoms with Crippen LogP contribution in [0.5, 0.6) is 0 Å². The van der Waals surface area contributed by atoms with Crippen LogP contribution in [0.1, 0.15) is 47.3 Å². The zero-order valence-electron chi connectivity index (χ0n) is 16.5. The van der Waals surface area contributed by atoms with Gasteiger partial charge >= 0.3 is 5.97 Å². The Morgan fingerprint density at radius 3 is 2.76 bits per heavy atom. The molecular formula is C20H20N6O3. The Morgan fingerprint density at radius 2 is 2.00 bits per heavy atom. The summed E-state index contributed by atoms with van der Waals surface area (Å²) in [6, 6.07) is 5.17. The second-order valence-corrected chi connectivity index (χ2v) is 7.67. The topological polar surface area (TPSA) is 114 Å². The zero-order valence-corrected chi connectivity index (χ0v) is 16.5. The van der Waals surface area contributed by atoms with Gasteiger partial charge in [-0.25, -0.2) is 14.8 Å². The van der Waals surface area contributed by atoms with Gasteiger partial charge in [-0.3, -0.25) is 14.3 Å². The summed E-state index contributed by atoms with van der Waals surface area (Å²) in [6.07, 6.45) is 4.75. The molecule has 0 aliphatic heterocycles. The number of ether oxygens (including phenoxy) is 1. The van der Waals surface area contributed by atoms with E-state index in [4.69, 9.17) is 4.74 Å². The summed E-state index contributed by atoms with van der Waals surface area (Å²) in [7, 11) is 0. The van der Waals surface area contributed by atoms with Gasteiger partial charge in [0.2, 0.25) is 0 Å². The standard InChI is InChI=1S/C20H20N6O3/c1-11-14(8-22-16-9-21-10-26(11)16)18(27)23-12-5-6-15-13(7-12)17(25-24-15)19(28)29-20(2,3)4/h5-10H,1-4H3,(H,23,27)(H,24,25). The molecule has 29 heavy (non-hydrogen) atoms. The fourth-order valence-corrected chi connectivity index (χ4v) is 2.99. The number of benzene rings is 1. The average molecular weight is 392 g/mol. The first kappa shape index (κ1) is 18.6. The number of esters is 1. The number of carbonyl (C=O) groups excluding carboxylic acids is 2. The maximum Gasteiger partial charge on any atom is 0.360 e. The van der Waals surface area contributed by atoms with Gasteiger partial charge in [0.1, 0.15) is 11.9 Å². The number of H-pyrrole nitrogens is 1. The molecule has 2 N–H and O–H groups in total. The summed E-state index contributed by atoms with van der Waals surface area (Å²) < 4.78 is 7.15. The van der Waals surface area contributed by atoms with E-state index < -0.39 is 11.6 Å². The summed E-state index contributed by atoms with van der Waals surface area (Å²) in [6.45, 7) is 7.20.